The van der Waals surface area contributed by atoms with E-state index in [4.69, 9.17) is 14.7 Å². The number of rotatable bonds is 1. The lowest BCUT2D eigenvalue weighted by Gasteiger charge is -2.27. The zero-order chi connectivity index (χ0) is 19.4. The number of ether oxygens (including phenoxy) is 1. The van der Waals surface area contributed by atoms with Crippen LogP contribution in [0, 0.1) is 0 Å². The molecule has 4 aromatic carbocycles. The zero-order valence-electron chi connectivity index (χ0n) is 15.5. The Kier molecular flexibility index (Phi) is 3.41. The minimum absolute atomic E-state index is 0.116. The molecule has 0 saturated carbocycles. The topological polar surface area (TPSA) is 52.1 Å². The molecule has 4 nitrogen and oxygen atoms in total. The summed E-state index contributed by atoms with van der Waals surface area (Å²) >= 11 is 0. The zero-order valence-corrected chi connectivity index (χ0v) is 15.5. The summed E-state index contributed by atoms with van der Waals surface area (Å²) in [6.45, 7) is 0. The van der Waals surface area contributed by atoms with E-state index in [0.717, 1.165) is 44.0 Å². The lowest BCUT2D eigenvalue weighted by molar-refractivity contribution is -0.135. The molecule has 5 aromatic rings. The standard InChI is InChI=1S/C25H16N2O2/c28-21-14-18(15-8-2-1-3-9-15)22-24-23(26-19-12-6-7-13-20(19)27-24)16-10-4-5-11-17(16)25(22)29-21/h1-13,18H,14H2. The minimum Gasteiger partial charge on any atom is -0.425 e. The largest absolute Gasteiger partial charge is 0.425 e. The number of benzene rings is 4. The molecule has 0 amide bonds. The van der Waals surface area contributed by atoms with E-state index in [9.17, 15) is 4.79 Å². The summed E-state index contributed by atoms with van der Waals surface area (Å²) in [4.78, 5) is 22.5. The molecule has 6 rings (SSSR count). The second kappa shape index (κ2) is 6.11. The van der Waals surface area contributed by atoms with Crippen molar-refractivity contribution in [3.63, 3.8) is 0 Å². The van der Waals surface area contributed by atoms with E-state index < -0.39 is 0 Å². The molecule has 138 valence electrons. The number of aromatic nitrogens is 2. The third-order valence-corrected chi connectivity index (χ3v) is 5.63. The van der Waals surface area contributed by atoms with Crippen molar-refractivity contribution in [2.75, 3.05) is 0 Å². The smallest absolute Gasteiger partial charge is 0.312 e. The van der Waals surface area contributed by atoms with Crippen molar-refractivity contribution in [2.45, 2.75) is 12.3 Å². The second-order valence-corrected chi connectivity index (χ2v) is 7.34. The number of carbonyl (C=O) groups is 1. The first-order valence-electron chi connectivity index (χ1n) is 9.66. The average molecular weight is 376 g/mol. The molecular formula is C25H16N2O2. The fourth-order valence-corrected chi connectivity index (χ4v) is 4.34. The number of fused-ring (bicyclic) bond motifs is 7. The van der Waals surface area contributed by atoms with Gasteiger partial charge in [-0.05, 0) is 17.7 Å². The van der Waals surface area contributed by atoms with Gasteiger partial charge in [0.2, 0.25) is 0 Å². The van der Waals surface area contributed by atoms with Gasteiger partial charge in [0.1, 0.15) is 5.75 Å². The first-order chi connectivity index (χ1) is 14.3. The molecule has 0 N–H and O–H groups in total. The highest BCUT2D eigenvalue weighted by atomic mass is 16.5. The highest BCUT2D eigenvalue weighted by molar-refractivity contribution is 6.12. The molecule has 1 aromatic heterocycles. The summed E-state index contributed by atoms with van der Waals surface area (Å²) in [6.07, 6.45) is 0.291. The first kappa shape index (κ1) is 16.2. The van der Waals surface area contributed by atoms with Gasteiger partial charge < -0.3 is 4.74 Å². The predicted octanol–water partition coefficient (Wildman–Crippen LogP) is 5.38. The van der Waals surface area contributed by atoms with Gasteiger partial charge in [-0.2, -0.15) is 0 Å². The Morgan fingerprint density at radius 2 is 1.34 bits per heavy atom. The molecular weight excluding hydrogens is 360 g/mol. The number of para-hydroxylation sites is 2. The van der Waals surface area contributed by atoms with Gasteiger partial charge in [-0.25, -0.2) is 9.97 Å². The van der Waals surface area contributed by atoms with Gasteiger partial charge in [0.05, 0.1) is 28.5 Å². The minimum atomic E-state index is -0.218. The third-order valence-electron chi connectivity index (χ3n) is 5.63. The summed E-state index contributed by atoms with van der Waals surface area (Å²) in [5.74, 6) is 0.280. The summed E-state index contributed by atoms with van der Waals surface area (Å²) in [7, 11) is 0. The number of nitrogens with zero attached hydrogens (tertiary/aromatic N) is 2. The van der Waals surface area contributed by atoms with E-state index in [1.807, 2.05) is 66.7 Å². The average Bonchev–Trinajstić information content (AvgIpc) is 2.78. The number of carbonyl (C=O) groups excluding carboxylic acids is 1. The van der Waals surface area contributed by atoms with Gasteiger partial charge in [-0.3, -0.25) is 4.79 Å². The molecule has 0 spiro atoms. The molecule has 2 heterocycles. The van der Waals surface area contributed by atoms with Crippen LogP contribution in [0.2, 0.25) is 0 Å². The van der Waals surface area contributed by atoms with E-state index in [2.05, 4.69) is 12.1 Å². The SMILES string of the molecule is O=C1CC(c2ccccc2)c2c(c3ccccc3c3nc4ccccc4nc23)O1. The van der Waals surface area contributed by atoms with Crippen molar-refractivity contribution in [1.29, 1.82) is 0 Å². The van der Waals surface area contributed by atoms with Crippen LogP contribution in [0.3, 0.4) is 0 Å². The van der Waals surface area contributed by atoms with Crippen LogP contribution in [0.15, 0.2) is 78.9 Å². The Balaban J connectivity index is 1.81. The van der Waals surface area contributed by atoms with Crippen LogP contribution in [0.5, 0.6) is 5.75 Å². The van der Waals surface area contributed by atoms with Crippen molar-refractivity contribution in [1.82, 2.24) is 9.97 Å². The van der Waals surface area contributed by atoms with Gasteiger partial charge in [-0.1, -0.05) is 66.7 Å². The molecule has 1 aliphatic heterocycles. The van der Waals surface area contributed by atoms with Crippen molar-refractivity contribution in [3.8, 4) is 5.75 Å². The molecule has 4 heteroatoms. The van der Waals surface area contributed by atoms with Gasteiger partial charge in [0.15, 0.2) is 0 Å². The van der Waals surface area contributed by atoms with Crippen LogP contribution in [0.1, 0.15) is 23.5 Å². The van der Waals surface area contributed by atoms with E-state index in [1.54, 1.807) is 0 Å². The van der Waals surface area contributed by atoms with Gasteiger partial charge >= 0.3 is 5.97 Å². The van der Waals surface area contributed by atoms with E-state index >= 15 is 0 Å². The highest BCUT2D eigenvalue weighted by Gasteiger charge is 2.33. The van der Waals surface area contributed by atoms with Crippen LogP contribution < -0.4 is 4.74 Å². The third kappa shape index (κ3) is 2.42. The van der Waals surface area contributed by atoms with Crippen LogP contribution in [0.25, 0.3) is 32.8 Å². The Hall–Kier alpha value is -3.79. The van der Waals surface area contributed by atoms with Gasteiger partial charge in [0.25, 0.3) is 0 Å². The van der Waals surface area contributed by atoms with E-state index in [-0.39, 0.29) is 11.9 Å². The molecule has 1 aliphatic rings. The quantitative estimate of drug-likeness (QED) is 0.171. The predicted molar refractivity (Wildman–Crippen MR) is 113 cm³/mol. The molecule has 0 radical (unpaired) electrons. The lowest BCUT2D eigenvalue weighted by Crippen LogP contribution is -2.22. The molecule has 0 bridgehead atoms. The van der Waals surface area contributed by atoms with Gasteiger partial charge in [0, 0.05) is 22.3 Å². The van der Waals surface area contributed by atoms with E-state index in [1.165, 1.54) is 0 Å². The van der Waals surface area contributed by atoms with Crippen LogP contribution in [-0.2, 0) is 4.79 Å². The molecule has 1 atom stereocenters. The van der Waals surface area contributed by atoms with Crippen LogP contribution in [-0.4, -0.2) is 15.9 Å². The Morgan fingerprint density at radius 1 is 0.724 bits per heavy atom. The fourth-order valence-electron chi connectivity index (χ4n) is 4.34. The Bertz CT molecular complexity index is 1430. The maximum atomic E-state index is 12.5. The second-order valence-electron chi connectivity index (χ2n) is 7.34. The summed E-state index contributed by atoms with van der Waals surface area (Å²) in [6, 6.07) is 25.9. The van der Waals surface area contributed by atoms with Crippen molar-refractivity contribution < 1.29 is 9.53 Å². The fraction of sp³-hybridized carbons (Fsp3) is 0.0800. The summed E-state index contributed by atoms with van der Waals surface area (Å²) in [5, 5.41) is 1.84. The number of esters is 1. The molecule has 0 aliphatic carbocycles. The number of hydrogen-bond acceptors (Lipinski definition) is 4. The van der Waals surface area contributed by atoms with Crippen LogP contribution in [0.4, 0.5) is 0 Å². The maximum absolute atomic E-state index is 12.5. The Morgan fingerprint density at radius 3 is 2.10 bits per heavy atom. The lowest BCUT2D eigenvalue weighted by atomic mass is 9.84. The molecule has 0 saturated heterocycles. The number of hydrogen-bond donors (Lipinski definition) is 0. The van der Waals surface area contributed by atoms with Crippen LogP contribution >= 0.6 is 0 Å². The normalized spacial score (nSPS) is 16.1. The summed E-state index contributed by atoms with van der Waals surface area (Å²) < 4.78 is 5.81. The first-order valence-corrected chi connectivity index (χ1v) is 9.66. The maximum Gasteiger partial charge on any atom is 0.312 e. The highest BCUT2D eigenvalue weighted by Crippen LogP contribution is 2.47. The molecule has 1 unspecified atom stereocenters. The van der Waals surface area contributed by atoms with Crippen molar-refractivity contribution in [3.05, 3.63) is 90.0 Å². The Labute approximate surface area is 166 Å². The van der Waals surface area contributed by atoms with Gasteiger partial charge in [-0.15, -0.1) is 0 Å². The monoisotopic (exact) mass is 376 g/mol. The summed E-state index contributed by atoms with van der Waals surface area (Å²) in [5.41, 5.74) is 5.37. The van der Waals surface area contributed by atoms with Crippen molar-refractivity contribution in [2.24, 2.45) is 0 Å². The van der Waals surface area contributed by atoms with E-state index in [0.29, 0.717) is 12.2 Å². The van der Waals surface area contributed by atoms with Crippen molar-refractivity contribution >= 4 is 38.8 Å². The molecule has 0 fully saturated rings. The molecule has 29 heavy (non-hydrogen) atoms.